The predicted octanol–water partition coefficient (Wildman–Crippen LogP) is 1.03. The summed E-state index contributed by atoms with van der Waals surface area (Å²) in [4.78, 5) is 15.2. The fourth-order valence-electron chi connectivity index (χ4n) is 2.64. The molecule has 1 aromatic rings. The minimum atomic E-state index is -0.0165. The first-order chi connectivity index (χ1) is 10.6. The van der Waals surface area contributed by atoms with Crippen molar-refractivity contribution in [3.63, 3.8) is 0 Å². The second-order valence-corrected chi connectivity index (χ2v) is 6.74. The van der Waals surface area contributed by atoms with Crippen molar-refractivity contribution in [2.24, 2.45) is 5.10 Å². The SMILES string of the molecule is CN(C)c1ccc(C=NNC(=O)C[NH+]2CCCCC2)cc1Br. The molecule has 2 N–H and O–H groups in total. The summed E-state index contributed by atoms with van der Waals surface area (Å²) in [7, 11) is 3.99. The number of hydrazone groups is 1. The number of rotatable bonds is 5. The summed E-state index contributed by atoms with van der Waals surface area (Å²) >= 11 is 3.54. The number of carbonyl (C=O) groups excluding carboxylic acids is 1. The molecule has 0 aromatic heterocycles. The Morgan fingerprint density at radius 1 is 1.36 bits per heavy atom. The zero-order valence-corrected chi connectivity index (χ0v) is 14.8. The van der Waals surface area contributed by atoms with Crippen LogP contribution in [0.4, 0.5) is 5.69 Å². The van der Waals surface area contributed by atoms with Gasteiger partial charge in [0.15, 0.2) is 6.54 Å². The van der Waals surface area contributed by atoms with Gasteiger partial charge in [0.25, 0.3) is 5.91 Å². The van der Waals surface area contributed by atoms with Crippen molar-refractivity contribution in [2.45, 2.75) is 19.3 Å². The van der Waals surface area contributed by atoms with Crippen molar-refractivity contribution >= 4 is 33.7 Å². The van der Waals surface area contributed by atoms with Crippen molar-refractivity contribution in [3.05, 3.63) is 28.2 Å². The van der Waals surface area contributed by atoms with E-state index in [0.29, 0.717) is 6.54 Å². The van der Waals surface area contributed by atoms with Crippen LogP contribution in [0.1, 0.15) is 24.8 Å². The molecule has 1 fully saturated rings. The summed E-state index contributed by atoms with van der Waals surface area (Å²) in [5.74, 6) is -0.0165. The molecular weight excluding hydrogens is 344 g/mol. The van der Waals surface area contributed by atoms with Gasteiger partial charge in [-0.2, -0.15) is 5.10 Å². The highest BCUT2D eigenvalue weighted by atomic mass is 79.9. The molecule has 120 valence electrons. The lowest BCUT2D eigenvalue weighted by Gasteiger charge is -2.22. The number of hydrogen-bond acceptors (Lipinski definition) is 3. The highest BCUT2D eigenvalue weighted by Gasteiger charge is 2.16. The number of likely N-dealkylation sites (tertiary alicyclic amines) is 1. The first kappa shape index (κ1) is 17.0. The first-order valence-corrected chi connectivity index (χ1v) is 8.48. The average Bonchev–Trinajstić information content (AvgIpc) is 2.48. The maximum atomic E-state index is 11.9. The topological polar surface area (TPSA) is 49.1 Å². The Hall–Kier alpha value is -1.40. The second-order valence-electron chi connectivity index (χ2n) is 5.89. The van der Waals surface area contributed by atoms with Crippen LogP contribution in [0.25, 0.3) is 0 Å². The Kier molecular flexibility index (Phi) is 6.39. The fraction of sp³-hybridized carbons (Fsp3) is 0.500. The second kappa shape index (κ2) is 8.29. The molecule has 1 aromatic carbocycles. The van der Waals surface area contributed by atoms with Crippen LogP contribution in [-0.2, 0) is 4.79 Å². The molecule has 0 bridgehead atoms. The van der Waals surface area contributed by atoms with Gasteiger partial charge in [-0.1, -0.05) is 6.07 Å². The third-order valence-electron chi connectivity index (χ3n) is 3.83. The number of carbonyl (C=O) groups is 1. The Morgan fingerprint density at radius 2 is 2.09 bits per heavy atom. The van der Waals surface area contributed by atoms with Crippen molar-refractivity contribution in [1.29, 1.82) is 0 Å². The fourth-order valence-corrected chi connectivity index (χ4v) is 3.39. The Bertz CT molecular complexity index is 539. The van der Waals surface area contributed by atoms with Crippen LogP contribution in [0.15, 0.2) is 27.8 Å². The Labute approximate surface area is 140 Å². The molecule has 22 heavy (non-hydrogen) atoms. The lowest BCUT2D eigenvalue weighted by molar-refractivity contribution is -0.896. The molecule has 1 saturated heterocycles. The van der Waals surface area contributed by atoms with E-state index in [1.54, 1.807) is 6.21 Å². The summed E-state index contributed by atoms with van der Waals surface area (Å²) in [5, 5.41) is 4.05. The van der Waals surface area contributed by atoms with E-state index in [-0.39, 0.29) is 5.91 Å². The van der Waals surface area contributed by atoms with Crippen molar-refractivity contribution in [3.8, 4) is 0 Å². The summed E-state index contributed by atoms with van der Waals surface area (Å²) < 4.78 is 1.01. The van der Waals surface area contributed by atoms with Gasteiger partial charge in [-0.3, -0.25) is 4.79 Å². The first-order valence-electron chi connectivity index (χ1n) is 7.68. The van der Waals surface area contributed by atoms with Gasteiger partial charge in [0, 0.05) is 18.6 Å². The molecule has 0 aliphatic carbocycles. The van der Waals surface area contributed by atoms with Gasteiger partial charge >= 0.3 is 0 Å². The number of amides is 1. The molecule has 6 heteroatoms. The van der Waals surface area contributed by atoms with E-state index in [1.165, 1.54) is 24.2 Å². The monoisotopic (exact) mass is 367 g/mol. The van der Waals surface area contributed by atoms with Gasteiger partial charge < -0.3 is 9.80 Å². The number of nitrogens with one attached hydrogen (secondary N) is 2. The van der Waals surface area contributed by atoms with Gasteiger partial charge in [-0.05, 0) is 52.9 Å². The minimum Gasteiger partial charge on any atom is -0.377 e. The van der Waals surface area contributed by atoms with E-state index >= 15 is 0 Å². The number of hydrogen-bond donors (Lipinski definition) is 2. The molecule has 5 nitrogen and oxygen atoms in total. The molecule has 0 spiro atoms. The lowest BCUT2D eigenvalue weighted by Crippen LogP contribution is -3.13. The van der Waals surface area contributed by atoms with E-state index in [0.717, 1.165) is 28.8 Å². The largest absolute Gasteiger partial charge is 0.377 e. The molecule has 1 heterocycles. The number of halogens is 1. The van der Waals surface area contributed by atoms with Crippen LogP contribution in [0, 0.1) is 0 Å². The van der Waals surface area contributed by atoms with Crippen LogP contribution in [-0.4, -0.2) is 45.9 Å². The Morgan fingerprint density at radius 3 is 2.73 bits per heavy atom. The quantitative estimate of drug-likeness (QED) is 0.603. The zero-order valence-electron chi connectivity index (χ0n) is 13.2. The normalized spacial score (nSPS) is 16.0. The summed E-state index contributed by atoms with van der Waals surface area (Å²) in [5.41, 5.74) is 4.67. The van der Waals surface area contributed by atoms with Crippen LogP contribution in [0.2, 0.25) is 0 Å². The van der Waals surface area contributed by atoms with Gasteiger partial charge in [0.2, 0.25) is 0 Å². The molecule has 0 unspecified atom stereocenters. The van der Waals surface area contributed by atoms with Gasteiger partial charge in [-0.15, -0.1) is 0 Å². The number of nitrogens with zero attached hydrogens (tertiary/aromatic N) is 2. The standard InChI is InChI=1S/C16H23BrN4O/c1-20(2)15-7-6-13(10-14(15)17)11-18-19-16(22)12-21-8-4-3-5-9-21/h6-7,10-11H,3-5,8-9,12H2,1-2H3,(H,19,22)/p+1. The maximum absolute atomic E-state index is 11.9. The Balaban J connectivity index is 1.84. The van der Waals surface area contributed by atoms with Crippen LogP contribution >= 0.6 is 15.9 Å². The van der Waals surface area contributed by atoms with Gasteiger partial charge in [-0.25, -0.2) is 5.43 Å². The van der Waals surface area contributed by atoms with Gasteiger partial charge in [0.1, 0.15) is 0 Å². The van der Waals surface area contributed by atoms with E-state index in [4.69, 9.17) is 0 Å². The van der Waals surface area contributed by atoms with Crippen LogP contribution in [0.5, 0.6) is 0 Å². The molecular formula is C16H24BrN4O+. The summed E-state index contributed by atoms with van der Waals surface area (Å²) in [6, 6.07) is 5.98. The van der Waals surface area contributed by atoms with E-state index in [9.17, 15) is 4.79 Å². The van der Waals surface area contributed by atoms with Crippen molar-refractivity contribution in [1.82, 2.24) is 5.43 Å². The highest BCUT2D eigenvalue weighted by molar-refractivity contribution is 9.10. The highest BCUT2D eigenvalue weighted by Crippen LogP contribution is 2.25. The van der Waals surface area contributed by atoms with E-state index < -0.39 is 0 Å². The molecule has 0 radical (unpaired) electrons. The minimum absolute atomic E-state index is 0.0165. The van der Waals surface area contributed by atoms with E-state index in [1.807, 2.05) is 37.2 Å². The molecule has 1 aliphatic heterocycles. The molecule has 1 aliphatic rings. The smallest absolute Gasteiger partial charge is 0.295 e. The molecule has 2 rings (SSSR count). The number of quaternary nitrogens is 1. The van der Waals surface area contributed by atoms with Crippen LogP contribution < -0.4 is 15.2 Å². The summed E-state index contributed by atoms with van der Waals surface area (Å²) in [6.45, 7) is 2.70. The van der Waals surface area contributed by atoms with Gasteiger partial charge in [0.05, 0.1) is 25.0 Å². The van der Waals surface area contributed by atoms with Crippen molar-refractivity contribution in [2.75, 3.05) is 38.6 Å². The average molecular weight is 368 g/mol. The summed E-state index contributed by atoms with van der Waals surface area (Å²) in [6.07, 6.45) is 5.41. The molecule has 1 amide bonds. The number of anilines is 1. The lowest BCUT2D eigenvalue weighted by atomic mass is 10.1. The molecule has 0 atom stereocenters. The molecule has 0 saturated carbocycles. The third kappa shape index (κ3) is 5.10. The number of piperidine rings is 1. The zero-order chi connectivity index (χ0) is 15.9. The maximum Gasteiger partial charge on any atom is 0.295 e. The predicted molar refractivity (Wildman–Crippen MR) is 93.6 cm³/mol. The van der Waals surface area contributed by atoms with Crippen molar-refractivity contribution < 1.29 is 9.69 Å². The van der Waals surface area contributed by atoms with E-state index in [2.05, 4.69) is 26.5 Å². The van der Waals surface area contributed by atoms with Crippen LogP contribution in [0.3, 0.4) is 0 Å². The third-order valence-corrected chi connectivity index (χ3v) is 4.46. The number of benzene rings is 1.